The summed E-state index contributed by atoms with van der Waals surface area (Å²) in [7, 11) is 1.84. The standard InChI is InChI=1S/C13H15N3O/c1-3-17-12-6-4-5-10(7-12)13-15-8-11(14-2)9-16-13/h4-9,14H,3H2,1-2H3. The van der Waals surface area contributed by atoms with Gasteiger partial charge in [-0.05, 0) is 19.1 Å². The summed E-state index contributed by atoms with van der Waals surface area (Å²) in [6, 6.07) is 7.78. The smallest absolute Gasteiger partial charge is 0.159 e. The largest absolute Gasteiger partial charge is 0.494 e. The first-order valence-electron chi connectivity index (χ1n) is 5.56. The molecule has 88 valence electrons. The fraction of sp³-hybridized carbons (Fsp3) is 0.231. The van der Waals surface area contributed by atoms with Crippen molar-refractivity contribution >= 4 is 5.69 Å². The van der Waals surface area contributed by atoms with E-state index in [1.54, 1.807) is 12.4 Å². The van der Waals surface area contributed by atoms with Crippen molar-refractivity contribution in [2.45, 2.75) is 6.92 Å². The van der Waals surface area contributed by atoms with Crippen LogP contribution in [-0.2, 0) is 0 Å². The topological polar surface area (TPSA) is 47.0 Å². The zero-order valence-corrected chi connectivity index (χ0v) is 9.97. The highest BCUT2D eigenvalue weighted by atomic mass is 16.5. The van der Waals surface area contributed by atoms with Crippen molar-refractivity contribution in [2.75, 3.05) is 19.0 Å². The maximum atomic E-state index is 5.44. The summed E-state index contributed by atoms with van der Waals surface area (Å²) in [5.74, 6) is 1.54. The van der Waals surface area contributed by atoms with Crippen molar-refractivity contribution < 1.29 is 4.74 Å². The zero-order valence-electron chi connectivity index (χ0n) is 9.97. The van der Waals surface area contributed by atoms with Crippen molar-refractivity contribution in [1.29, 1.82) is 0 Å². The molecule has 2 rings (SSSR count). The highest BCUT2D eigenvalue weighted by Gasteiger charge is 2.02. The van der Waals surface area contributed by atoms with Crippen LogP contribution < -0.4 is 10.1 Å². The van der Waals surface area contributed by atoms with Crippen LogP contribution in [0, 0.1) is 0 Å². The molecule has 0 saturated carbocycles. The lowest BCUT2D eigenvalue weighted by Gasteiger charge is -2.05. The number of anilines is 1. The third-order valence-corrected chi connectivity index (χ3v) is 2.34. The highest BCUT2D eigenvalue weighted by molar-refractivity contribution is 5.58. The first-order chi connectivity index (χ1) is 8.33. The van der Waals surface area contributed by atoms with Crippen molar-refractivity contribution in [2.24, 2.45) is 0 Å². The van der Waals surface area contributed by atoms with E-state index in [4.69, 9.17) is 4.74 Å². The Kier molecular flexibility index (Phi) is 3.55. The normalized spacial score (nSPS) is 10.0. The molecule has 4 nitrogen and oxygen atoms in total. The SMILES string of the molecule is CCOc1cccc(-c2ncc(NC)cn2)c1. The van der Waals surface area contributed by atoms with E-state index < -0.39 is 0 Å². The lowest BCUT2D eigenvalue weighted by molar-refractivity contribution is 0.340. The van der Waals surface area contributed by atoms with Gasteiger partial charge < -0.3 is 10.1 Å². The number of nitrogens with zero attached hydrogens (tertiary/aromatic N) is 2. The molecule has 1 N–H and O–H groups in total. The van der Waals surface area contributed by atoms with Gasteiger partial charge in [-0.1, -0.05) is 12.1 Å². The molecule has 0 radical (unpaired) electrons. The number of hydrogen-bond donors (Lipinski definition) is 1. The number of rotatable bonds is 4. The van der Waals surface area contributed by atoms with Gasteiger partial charge in [-0.25, -0.2) is 9.97 Å². The Hall–Kier alpha value is -2.10. The van der Waals surface area contributed by atoms with Crippen molar-refractivity contribution in [1.82, 2.24) is 9.97 Å². The monoisotopic (exact) mass is 229 g/mol. The Bertz CT molecular complexity index is 482. The van der Waals surface area contributed by atoms with E-state index >= 15 is 0 Å². The highest BCUT2D eigenvalue weighted by Crippen LogP contribution is 2.21. The quantitative estimate of drug-likeness (QED) is 0.875. The van der Waals surface area contributed by atoms with E-state index in [-0.39, 0.29) is 0 Å². The lowest BCUT2D eigenvalue weighted by Crippen LogP contribution is -1.95. The van der Waals surface area contributed by atoms with Crippen LogP contribution in [-0.4, -0.2) is 23.6 Å². The van der Waals surface area contributed by atoms with E-state index in [0.717, 1.165) is 17.0 Å². The van der Waals surface area contributed by atoms with Crippen molar-refractivity contribution in [3.05, 3.63) is 36.7 Å². The predicted molar refractivity (Wildman–Crippen MR) is 68.2 cm³/mol. The van der Waals surface area contributed by atoms with E-state index in [1.165, 1.54) is 0 Å². The van der Waals surface area contributed by atoms with Gasteiger partial charge in [0, 0.05) is 12.6 Å². The first kappa shape index (κ1) is 11.4. The molecule has 0 saturated heterocycles. The fourth-order valence-corrected chi connectivity index (χ4v) is 1.50. The molecular formula is C13H15N3O. The molecule has 0 aliphatic carbocycles. The fourth-order valence-electron chi connectivity index (χ4n) is 1.50. The van der Waals surface area contributed by atoms with Crippen molar-refractivity contribution in [3.63, 3.8) is 0 Å². The third-order valence-electron chi connectivity index (χ3n) is 2.34. The molecule has 1 aromatic carbocycles. The van der Waals surface area contributed by atoms with Crippen LogP contribution in [0.4, 0.5) is 5.69 Å². The predicted octanol–water partition coefficient (Wildman–Crippen LogP) is 2.58. The van der Waals surface area contributed by atoms with Crippen LogP contribution in [0.15, 0.2) is 36.7 Å². The number of nitrogens with one attached hydrogen (secondary N) is 1. The van der Waals surface area contributed by atoms with E-state index in [1.807, 2.05) is 38.2 Å². The minimum atomic E-state index is 0.656. The molecule has 0 amide bonds. The minimum Gasteiger partial charge on any atom is -0.494 e. The molecule has 1 aromatic heterocycles. The average Bonchev–Trinajstić information content (AvgIpc) is 2.40. The maximum Gasteiger partial charge on any atom is 0.159 e. The second-order valence-corrected chi connectivity index (χ2v) is 3.51. The van der Waals surface area contributed by atoms with Crippen LogP contribution in [0.1, 0.15) is 6.92 Å². The lowest BCUT2D eigenvalue weighted by atomic mass is 10.2. The summed E-state index contributed by atoms with van der Waals surface area (Å²) in [6.45, 7) is 2.62. The summed E-state index contributed by atoms with van der Waals surface area (Å²) >= 11 is 0. The Morgan fingerprint density at radius 1 is 1.24 bits per heavy atom. The maximum absolute atomic E-state index is 5.44. The summed E-state index contributed by atoms with van der Waals surface area (Å²) in [5.41, 5.74) is 1.85. The number of ether oxygens (including phenoxy) is 1. The van der Waals surface area contributed by atoms with Crippen LogP contribution in [0.5, 0.6) is 5.75 Å². The van der Waals surface area contributed by atoms with Gasteiger partial charge in [-0.2, -0.15) is 0 Å². The van der Waals surface area contributed by atoms with Gasteiger partial charge >= 0.3 is 0 Å². The van der Waals surface area contributed by atoms with Gasteiger partial charge in [0.05, 0.1) is 24.7 Å². The van der Waals surface area contributed by atoms with Crippen LogP contribution >= 0.6 is 0 Å². The number of hydrogen-bond acceptors (Lipinski definition) is 4. The molecule has 2 aromatic rings. The summed E-state index contributed by atoms with van der Waals surface area (Å²) in [4.78, 5) is 8.58. The molecule has 0 fully saturated rings. The van der Waals surface area contributed by atoms with Crippen molar-refractivity contribution in [3.8, 4) is 17.1 Å². The molecule has 1 heterocycles. The van der Waals surface area contributed by atoms with E-state index in [2.05, 4.69) is 15.3 Å². The Labute approximate surface area is 101 Å². The molecule has 17 heavy (non-hydrogen) atoms. The minimum absolute atomic E-state index is 0.656. The van der Waals surface area contributed by atoms with E-state index in [0.29, 0.717) is 12.4 Å². The van der Waals surface area contributed by atoms with Gasteiger partial charge in [0.15, 0.2) is 5.82 Å². The summed E-state index contributed by atoms with van der Waals surface area (Å²) < 4.78 is 5.44. The van der Waals surface area contributed by atoms with Gasteiger partial charge in [-0.3, -0.25) is 0 Å². The number of benzene rings is 1. The Morgan fingerprint density at radius 3 is 2.65 bits per heavy atom. The van der Waals surface area contributed by atoms with E-state index in [9.17, 15) is 0 Å². The molecule has 0 atom stereocenters. The molecule has 0 unspecified atom stereocenters. The molecule has 0 aliphatic heterocycles. The van der Waals surface area contributed by atoms with Crippen LogP contribution in [0.2, 0.25) is 0 Å². The van der Waals surface area contributed by atoms with Gasteiger partial charge in [0.25, 0.3) is 0 Å². The Balaban J connectivity index is 2.28. The van der Waals surface area contributed by atoms with Gasteiger partial charge in [0.2, 0.25) is 0 Å². The summed E-state index contributed by atoms with van der Waals surface area (Å²) in [5, 5.41) is 2.99. The third kappa shape index (κ3) is 2.72. The molecule has 0 spiro atoms. The second-order valence-electron chi connectivity index (χ2n) is 3.51. The van der Waals surface area contributed by atoms with Crippen LogP contribution in [0.25, 0.3) is 11.4 Å². The van der Waals surface area contributed by atoms with Gasteiger partial charge in [0.1, 0.15) is 5.75 Å². The number of aromatic nitrogens is 2. The first-order valence-corrected chi connectivity index (χ1v) is 5.56. The average molecular weight is 229 g/mol. The molecule has 4 heteroatoms. The molecular weight excluding hydrogens is 214 g/mol. The zero-order chi connectivity index (χ0) is 12.1. The van der Waals surface area contributed by atoms with Crippen LogP contribution in [0.3, 0.4) is 0 Å². The molecule has 0 bridgehead atoms. The van der Waals surface area contributed by atoms with Gasteiger partial charge in [-0.15, -0.1) is 0 Å². The Morgan fingerprint density at radius 2 is 2.00 bits per heavy atom. The second kappa shape index (κ2) is 5.30. The molecule has 0 aliphatic rings. The summed E-state index contributed by atoms with van der Waals surface area (Å²) in [6.07, 6.45) is 3.52.